The molecule has 1 aliphatic heterocycles. The zero-order chi connectivity index (χ0) is 17.8. The fraction of sp³-hybridized carbons (Fsp3) is 0.500. The number of piperidine rings is 1. The molecule has 1 aromatic carbocycles. The molecule has 0 bridgehead atoms. The first-order valence-corrected chi connectivity index (χ1v) is 9.11. The number of aryl methyl sites for hydroxylation is 1. The monoisotopic (exact) mass is 385 g/mol. The highest BCUT2D eigenvalue weighted by Gasteiger charge is 2.68. The minimum atomic E-state index is -2.54. The predicted molar refractivity (Wildman–Crippen MR) is 94.6 cm³/mol. The van der Waals surface area contributed by atoms with Gasteiger partial charge in [-0.15, -0.1) is 0 Å². The van der Waals surface area contributed by atoms with Crippen molar-refractivity contribution in [3.05, 3.63) is 51.3 Å². The Morgan fingerprint density at radius 2 is 2.08 bits per heavy atom. The summed E-state index contributed by atoms with van der Waals surface area (Å²) < 4.78 is 27.6. The van der Waals surface area contributed by atoms with Crippen LogP contribution in [0.2, 0.25) is 10.0 Å². The zero-order valence-corrected chi connectivity index (χ0v) is 15.3. The summed E-state index contributed by atoms with van der Waals surface area (Å²) >= 11 is 12.3. The third kappa shape index (κ3) is 2.68. The lowest BCUT2D eigenvalue weighted by atomic mass is 9.81. The molecule has 3 nitrogen and oxygen atoms in total. The first-order valence-electron chi connectivity index (χ1n) is 8.36. The van der Waals surface area contributed by atoms with Crippen LogP contribution in [0, 0.1) is 12.3 Å². The van der Waals surface area contributed by atoms with E-state index >= 15 is 0 Å². The van der Waals surface area contributed by atoms with Crippen LogP contribution in [-0.4, -0.2) is 22.9 Å². The Morgan fingerprint density at radius 3 is 2.76 bits per heavy atom. The summed E-state index contributed by atoms with van der Waals surface area (Å²) in [6.45, 7) is 4.23. The van der Waals surface area contributed by atoms with E-state index in [1.165, 1.54) is 11.6 Å². The highest BCUT2D eigenvalue weighted by molar-refractivity contribution is 6.42. The van der Waals surface area contributed by atoms with E-state index < -0.39 is 6.43 Å². The second-order valence-electron chi connectivity index (χ2n) is 7.26. The summed E-state index contributed by atoms with van der Waals surface area (Å²) in [6.07, 6.45) is -0.553. The number of rotatable bonds is 4. The molecule has 7 heteroatoms. The molecule has 0 radical (unpaired) electrons. The minimum absolute atomic E-state index is 0.00978. The van der Waals surface area contributed by atoms with Crippen molar-refractivity contribution in [2.75, 3.05) is 13.1 Å². The van der Waals surface area contributed by atoms with Crippen LogP contribution >= 0.6 is 23.2 Å². The lowest BCUT2D eigenvalue weighted by Gasteiger charge is -2.32. The smallest absolute Gasteiger partial charge is 0.282 e. The summed E-state index contributed by atoms with van der Waals surface area (Å²) in [5.74, 6) is 0. The van der Waals surface area contributed by atoms with Crippen molar-refractivity contribution in [3.8, 4) is 0 Å². The first-order chi connectivity index (χ1) is 11.9. The Labute approximate surface area is 155 Å². The third-order valence-corrected chi connectivity index (χ3v) is 6.61. The van der Waals surface area contributed by atoms with Crippen LogP contribution in [0.4, 0.5) is 8.78 Å². The van der Waals surface area contributed by atoms with E-state index in [-0.39, 0.29) is 16.5 Å². The average molecular weight is 386 g/mol. The number of fused-ring (bicyclic) bond motifs is 1. The topological polar surface area (TPSA) is 29.9 Å². The number of aromatic nitrogens is 2. The van der Waals surface area contributed by atoms with Crippen molar-refractivity contribution in [1.82, 2.24) is 15.1 Å². The maximum Gasteiger partial charge on any atom is 0.282 e. The van der Waals surface area contributed by atoms with Crippen molar-refractivity contribution < 1.29 is 8.78 Å². The molecule has 1 N–H and O–H groups in total. The number of nitrogens with one attached hydrogen (secondary N) is 1. The quantitative estimate of drug-likeness (QED) is 0.822. The second kappa shape index (κ2) is 5.93. The number of hydrogen-bond donors (Lipinski definition) is 1. The molecule has 0 amide bonds. The molecule has 2 aromatic rings. The number of hydrogen-bond acceptors (Lipinski definition) is 2. The van der Waals surface area contributed by atoms with Crippen molar-refractivity contribution in [3.63, 3.8) is 0 Å². The fourth-order valence-corrected chi connectivity index (χ4v) is 4.74. The summed E-state index contributed by atoms with van der Waals surface area (Å²) in [7, 11) is 0. The normalized spacial score (nSPS) is 28.2. The van der Waals surface area contributed by atoms with Crippen LogP contribution in [0.3, 0.4) is 0 Å². The summed E-state index contributed by atoms with van der Waals surface area (Å²) in [6, 6.07) is 7.31. The zero-order valence-electron chi connectivity index (χ0n) is 13.8. The van der Waals surface area contributed by atoms with Gasteiger partial charge in [0.25, 0.3) is 6.43 Å². The van der Waals surface area contributed by atoms with Gasteiger partial charge in [-0.05, 0) is 50.1 Å². The molecule has 1 aromatic heterocycles. The molecule has 1 saturated carbocycles. The maximum atomic E-state index is 13.0. The molecular formula is C18H19Cl2F2N3. The molecule has 2 atom stereocenters. The largest absolute Gasteiger partial charge is 0.316 e. The van der Waals surface area contributed by atoms with Gasteiger partial charge in [0, 0.05) is 29.6 Å². The number of halogens is 4. The Morgan fingerprint density at radius 1 is 1.28 bits per heavy atom. The lowest BCUT2D eigenvalue weighted by Crippen LogP contribution is -2.41. The van der Waals surface area contributed by atoms with Crippen molar-refractivity contribution in [1.29, 1.82) is 0 Å². The Bertz CT molecular complexity index is 823. The van der Waals surface area contributed by atoms with Crippen LogP contribution in [0.15, 0.2) is 24.3 Å². The van der Waals surface area contributed by atoms with Crippen LogP contribution in [-0.2, 0) is 12.0 Å². The van der Waals surface area contributed by atoms with Gasteiger partial charge in [-0.1, -0.05) is 29.3 Å². The molecule has 2 aliphatic rings. The minimum Gasteiger partial charge on any atom is -0.316 e. The molecule has 2 heterocycles. The van der Waals surface area contributed by atoms with E-state index in [1.54, 1.807) is 4.68 Å². The standard InChI is InChI=1S/C18H19Cl2F2N3/c1-11-6-15(16(21)22)24-25(11)10-17-8-18(17,4-5-23-9-17)12-2-3-13(19)14(20)7-12/h2-3,6-7,16,23H,4-5,8-10H2,1H3. The van der Waals surface area contributed by atoms with Gasteiger partial charge in [-0.2, -0.15) is 5.10 Å². The summed E-state index contributed by atoms with van der Waals surface area (Å²) in [5, 5.41) is 8.69. The van der Waals surface area contributed by atoms with E-state index in [0.717, 1.165) is 31.6 Å². The SMILES string of the molecule is Cc1cc(C(F)F)nn1CC12CNCCC1(c1ccc(Cl)c(Cl)c1)C2. The van der Waals surface area contributed by atoms with Gasteiger partial charge < -0.3 is 5.32 Å². The molecule has 2 fully saturated rings. The number of alkyl halides is 2. The van der Waals surface area contributed by atoms with E-state index in [0.29, 0.717) is 16.6 Å². The van der Waals surface area contributed by atoms with E-state index in [2.05, 4.69) is 10.4 Å². The van der Waals surface area contributed by atoms with Crippen LogP contribution in [0.25, 0.3) is 0 Å². The van der Waals surface area contributed by atoms with Gasteiger partial charge >= 0.3 is 0 Å². The fourth-order valence-electron chi connectivity index (χ4n) is 4.45. The molecule has 25 heavy (non-hydrogen) atoms. The lowest BCUT2D eigenvalue weighted by molar-refractivity contribution is 0.144. The number of benzene rings is 1. The second-order valence-corrected chi connectivity index (χ2v) is 8.08. The average Bonchev–Trinajstić information content (AvgIpc) is 3.12. The van der Waals surface area contributed by atoms with Crippen molar-refractivity contribution >= 4 is 23.2 Å². The van der Waals surface area contributed by atoms with Gasteiger partial charge in [0.05, 0.1) is 10.0 Å². The maximum absolute atomic E-state index is 13.0. The molecule has 0 spiro atoms. The Balaban J connectivity index is 1.67. The van der Waals surface area contributed by atoms with Gasteiger partial charge in [-0.25, -0.2) is 8.78 Å². The summed E-state index contributed by atoms with van der Waals surface area (Å²) in [5.41, 5.74) is 1.78. The molecule has 134 valence electrons. The highest BCUT2D eigenvalue weighted by atomic mass is 35.5. The third-order valence-electron chi connectivity index (χ3n) is 5.87. The molecular weight excluding hydrogens is 367 g/mol. The van der Waals surface area contributed by atoms with Crippen molar-refractivity contribution in [2.24, 2.45) is 5.41 Å². The summed E-state index contributed by atoms with van der Waals surface area (Å²) in [4.78, 5) is 0. The molecule has 1 saturated heterocycles. The Hall–Kier alpha value is -1.17. The van der Waals surface area contributed by atoms with E-state index in [9.17, 15) is 8.78 Å². The van der Waals surface area contributed by atoms with Gasteiger partial charge in [0.2, 0.25) is 0 Å². The van der Waals surface area contributed by atoms with Gasteiger partial charge in [-0.3, -0.25) is 4.68 Å². The van der Waals surface area contributed by atoms with E-state index in [4.69, 9.17) is 23.2 Å². The predicted octanol–water partition coefficient (Wildman–Crippen LogP) is 4.76. The highest BCUT2D eigenvalue weighted by Crippen LogP contribution is 2.68. The van der Waals surface area contributed by atoms with Crippen LogP contribution in [0.1, 0.15) is 36.2 Å². The molecule has 2 unspecified atom stereocenters. The van der Waals surface area contributed by atoms with Gasteiger partial charge in [0.1, 0.15) is 5.69 Å². The first kappa shape index (κ1) is 17.3. The molecule has 1 aliphatic carbocycles. The van der Waals surface area contributed by atoms with Crippen LogP contribution < -0.4 is 5.32 Å². The molecule has 4 rings (SSSR count). The van der Waals surface area contributed by atoms with Crippen molar-refractivity contribution in [2.45, 2.75) is 38.2 Å². The van der Waals surface area contributed by atoms with E-state index in [1.807, 2.05) is 25.1 Å². The Kier molecular flexibility index (Phi) is 4.09. The van der Waals surface area contributed by atoms with Crippen LogP contribution in [0.5, 0.6) is 0 Å². The number of nitrogens with zero attached hydrogens (tertiary/aromatic N) is 2. The van der Waals surface area contributed by atoms with Gasteiger partial charge in [0.15, 0.2) is 0 Å².